The van der Waals surface area contributed by atoms with Gasteiger partial charge in [-0.3, -0.25) is 4.57 Å². The molecule has 1 aliphatic rings. The molecule has 1 saturated heterocycles. The Morgan fingerprint density at radius 1 is 1.26 bits per heavy atom. The Balaban J connectivity index is 2.00. The molecule has 0 bridgehead atoms. The standard InChI is InChI=1S/C24H46BrN3O4SSi/c1-8-24(31-14-15-32-24)13-11-9-10-12-20(27-33(29)23(2,3)4)22-26-18-21(25)28(22)19-30-16-17-34(5,6)7/h18,20,27H,8-17,19H2,1-7H3/t20-,33?/m0/s1. The lowest BCUT2D eigenvalue weighted by Gasteiger charge is -2.26. The molecule has 0 radical (unpaired) electrons. The van der Waals surface area contributed by atoms with Crippen LogP contribution < -0.4 is 4.72 Å². The van der Waals surface area contributed by atoms with Crippen molar-refractivity contribution in [1.82, 2.24) is 14.3 Å². The monoisotopic (exact) mass is 579 g/mol. The molecule has 10 heteroatoms. The predicted molar refractivity (Wildman–Crippen MR) is 146 cm³/mol. The Morgan fingerprint density at radius 2 is 1.94 bits per heavy atom. The lowest BCUT2D eigenvalue weighted by molar-refractivity contribution is -0.164. The van der Waals surface area contributed by atoms with E-state index in [1.54, 1.807) is 0 Å². The summed E-state index contributed by atoms with van der Waals surface area (Å²) in [4.78, 5) is 4.67. The van der Waals surface area contributed by atoms with Crippen LogP contribution in [0.25, 0.3) is 0 Å². The molecule has 34 heavy (non-hydrogen) atoms. The van der Waals surface area contributed by atoms with Crippen molar-refractivity contribution < 1.29 is 18.4 Å². The second-order valence-corrected chi connectivity index (χ2v) is 19.8. The summed E-state index contributed by atoms with van der Waals surface area (Å²) >= 11 is 3.63. The Kier molecular flexibility index (Phi) is 11.9. The summed E-state index contributed by atoms with van der Waals surface area (Å²) in [5.41, 5.74) is 0. The number of unbranched alkanes of at least 4 members (excludes halogenated alkanes) is 2. The van der Waals surface area contributed by atoms with Gasteiger partial charge in [-0.1, -0.05) is 39.4 Å². The van der Waals surface area contributed by atoms with E-state index in [0.29, 0.717) is 19.9 Å². The van der Waals surface area contributed by atoms with Crippen molar-refractivity contribution >= 4 is 35.0 Å². The first-order valence-electron chi connectivity index (χ1n) is 12.6. The number of halogens is 1. The number of imidazole rings is 1. The van der Waals surface area contributed by atoms with Gasteiger partial charge in [0, 0.05) is 21.1 Å². The van der Waals surface area contributed by atoms with Crippen LogP contribution in [0.3, 0.4) is 0 Å². The predicted octanol–water partition coefficient (Wildman–Crippen LogP) is 6.15. The van der Waals surface area contributed by atoms with Crippen LogP contribution in [0.15, 0.2) is 10.8 Å². The summed E-state index contributed by atoms with van der Waals surface area (Å²) in [5.74, 6) is 0.477. The number of aromatic nitrogens is 2. The van der Waals surface area contributed by atoms with Gasteiger partial charge in [-0.05, 0) is 62.0 Å². The minimum atomic E-state index is -1.20. The molecular formula is C24H46BrN3O4SSi. The molecule has 2 heterocycles. The van der Waals surface area contributed by atoms with Crippen LogP contribution >= 0.6 is 15.9 Å². The van der Waals surface area contributed by atoms with Gasteiger partial charge in [-0.2, -0.15) is 0 Å². The molecular weight excluding hydrogens is 534 g/mol. The van der Waals surface area contributed by atoms with Gasteiger partial charge in [0.2, 0.25) is 0 Å². The Bertz CT molecular complexity index is 773. The maximum atomic E-state index is 13.0. The van der Waals surface area contributed by atoms with Gasteiger partial charge >= 0.3 is 0 Å². The maximum Gasteiger partial charge on any atom is 0.168 e. The molecule has 1 aliphatic heterocycles. The molecule has 0 amide bonds. The third-order valence-corrected chi connectivity index (χ3v) is 10.0. The van der Waals surface area contributed by atoms with Gasteiger partial charge in [0.1, 0.15) is 17.2 Å². The van der Waals surface area contributed by atoms with Crippen LogP contribution in [0, 0.1) is 0 Å². The van der Waals surface area contributed by atoms with Crippen LogP contribution in [-0.2, 0) is 31.9 Å². The van der Waals surface area contributed by atoms with E-state index in [1.807, 2.05) is 31.5 Å². The van der Waals surface area contributed by atoms with Crippen LogP contribution in [0.4, 0.5) is 0 Å². The molecule has 198 valence electrons. The van der Waals surface area contributed by atoms with Crippen molar-refractivity contribution in [2.45, 2.75) is 115 Å². The van der Waals surface area contributed by atoms with Gasteiger partial charge in [0.25, 0.3) is 0 Å². The highest BCUT2D eigenvalue weighted by atomic mass is 79.9. The minimum absolute atomic E-state index is 0.119. The topological polar surface area (TPSA) is 74.6 Å². The average Bonchev–Trinajstić information content (AvgIpc) is 3.36. The molecule has 2 rings (SSSR count). The summed E-state index contributed by atoms with van der Waals surface area (Å²) < 4.78 is 36.6. The fourth-order valence-corrected chi connectivity index (χ4v) is 5.78. The number of ether oxygens (including phenoxy) is 3. The third-order valence-electron chi connectivity index (χ3n) is 6.07. The number of hydrogen-bond donors (Lipinski definition) is 1. The average molecular weight is 581 g/mol. The fourth-order valence-electron chi connectivity index (χ4n) is 3.80. The normalized spacial score (nSPS) is 18.4. The maximum absolute atomic E-state index is 13.0. The smallest absolute Gasteiger partial charge is 0.168 e. The zero-order chi connectivity index (χ0) is 25.4. The van der Waals surface area contributed by atoms with Crippen molar-refractivity contribution in [1.29, 1.82) is 0 Å². The van der Waals surface area contributed by atoms with Crippen molar-refractivity contribution in [3.8, 4) is 0 Å². The quantitative estimate of drug-likeness (QED) is 0.199. The number of hydrogen-bond acceptors (Lipinski definition) is 5. The van der Waals surface area contributed by atoms with Crippen molar-refractivity contribution in [3.05, 3.63) is 16.6 Å². The van der Waals surface area contributed by atoms with Crippen LogP contribution in [-0.4, -0.2) is 52.2 Å². The molecule has 0 aliphatic carbocycles. The SMILES string of the molecule is CCC1(CCCCC[C@H](NS(=O)C(C)(C)C)c2ncc(Br)n2COCC[Si](C)(C)C)OCCO1. The van der Waals surface area contributed by atoms with E-state index in [0.717, 1.165) is 61.6 Å². The molecule has 0 saturated carbocycles. The zero-order valence-electron chi connectivity index (χ0n) is 22.2. The molecule has 0 spiro atoms. The van der Waals surface area contributed by atoms with Gasteiger partial charge in [-0.25, -0.2) is 13.9 Å². The largest absolute Gasteiger partial charge is 0.361 e. The van der Waals surface area contributed by atoms with Gasteiger partial charge in [0.15, 0.2) is 5.79 Å². The Morgan fingerprint density at radius 3 is 2.53 bits per heavy atom. The fraction of sp³-hybridized carbons (Fsp3) is 0.875. The van der Waals surface area contributed by atoms with Gasteiger partial charge < -0.3 is 14.2 Å². The second-order valence-electron chi connectivity index (χ2n) is 11.3. The van der Waals surface area contributed by atoms with Crippen LogP contribution in [0.2, 0.25) is 25.7 Å². The first kappa shape index (κ1) is 30.1. The third kappa shape index (κ3) is 9.75. The van der Waals surface area contributed by atoms with E-state index in [1.165, 1.54) is 0 Å². The van der Waals surface area contributed by atoms with E-state index in [-0.39, 0.29) is 16.6 Å². The van der Waals surface area contributed by atoms with Crippen LogP contribution in [0.1, 0.15) is 78.1 Å². The lowest BCUT2D eigenvalue weighted by Crippen LogP contribution is -2.37. The molecule has 1 aromatic heterocycles. The van der Waals surface area contributed by atoms with E-state index in [4.69, 9.17) is 14.2 Å². The van der Waals surface area contributed by atoms with Crippen molar-refractivity contribution in [3.63, 3.8) is 0 Å². The van der Waals surface area contributed by atoms with Crippen molar-refractivity contribution in [2.75, 3.05) is 19.8 Å². The lowest BCUT2D eigenvalue weighted by atomic mass is 10.0. The molecule has 0 aromatic carbocycles. The number of nitrogens with one attached hydrogen (secondary N) is 1. The molecule has 1 aromatic rings. The molecule has 1 N–H and O–H groups in total. The second kappa shape index (κ2) is 13.4. The number of nitrogens with zero attached hydrogens (tertiary/aromatic N) is 2. The highest BCUT2D eigenvalue weighted by Crippen LogP contribution is 2.30. The summed E-state index contributed by atoms with van der Waals surface area (Å²) in [6.07, 6.45) is 7.56. The minimum Gasteiger partial charge on any atom is -0.361 e. The highest BCUT2D eigenvalue weighted by molar-refractivity contribution is 9.10. The van der Waals surface area contributed by atoms with Gasteiger partial charge in [0.05, 0.1) is 41.2 Å². The highest BCUT2D eigenvalue weighted by Gasteiger charge is 2.34. The first-order valence-corrected chi connectivity index (χ1v) is 18.3. The van der Waals surface area contributed by atoms with E-state index in [9.17, 15) is 4.21 Å². The van der Waals surface area contributed by atoms with E-state index in [2.05, 4.69) is 52.2 Å². The first-order chi connectivity index (χ1) is 15.9. The zero-order valence-corrected chi connectivity index (χ0v) is 25.6. The molecule has 1 unspecified atom stereocenters. The molecule has 1 fully saturated rings. The molecule has 7 nitrogen and oxygen atoms in total. The molecule has 2 atom stereocenters. The summed E-state index contributed by atoms with van der Waals surface area (Å²) in [5, 5.41) is 0. The summed E-state index contributed by atoms with van der Waals surface area (Å²) in [7, 11) is -2.34. The van der Waals surface area contributed by atoms with Gasteiger partial charge in [-0.15, -0.1) is 0 Å². The van der Waals surface area contributed by atoms with Crippen LogP contribution in [0.5, 0.6) is 0 Å². The summed E-state index contributed by atoms with van der Waals surface area (Å²) in [6, 6.07) is 1.00. The van der Waals surface area contributed by atoms with E-state index >= 15 is 0 Å². The van der Waals surface area contributed by atoms with E-state index < -0.39 is 19.1 Å². The Labute approximate surface area is 218 Å². The summed E-state index contributed by atoms with van der Waals surface area (Å²) in [6.45, 7) is 17.7. The Hall–Kier alpha value is -0.103. The van der Waals surface area contributed by atoms with Crippen molar-refractivity contribution in [2.24, 2.45) is 0 Å². The number of rotatable bonds is 15.